The number of carbonyl (C=O) groups excluding carboxylic acids is 4. The van der Waals surface area contributed by atoms with Crippen molar-refractivity contribution in [1.82, 2.24) is 25.2 Å². The fourth-order valence-electron chi connectivity index (χ4n) is 4.01. The van der Waals surface area contributed by atoms with Gasteiger partial charge in [-0.05, 0) is 42.9 Å². The number of carbonyl (C=O) groups is 4. The summed E-state index contributed by atoms with van der Waals surface area (Å²) in [4.78, 5) is 54.3. The molecule has 39 heavy (non-hydrogen) atoms. The Bertz CT molecular complexity index is 1260. The summed E-state index contributed by atoms with van der Waals surface area (Å²) >= 11 is 0. The van der Waals surface area contributed by atoms with Crippen LogP contribution in [0.1, 0.15) is 38.7 Å². The molecule has 1 aliphatic rings. The third-order valence-electron chi connectivity index (χ3n) is 5.94. The molecule has 0 aliphatic carbocycles. The van der Waals surface area contributed by atoms with Gasteiger partial charge in [0, 0.05) is 12.7 Å². The molecule has 2 heterocycles. The summed E-state index contributed by atoms with van der Waals surface area (Å²) in [5, 5.41) is 6.98. The Morgan fingerprint density at radius 3 is 2.49 bits per heavy atom. The summed E-state index contributed by atoms with van der Waals surface area (Å²) in [6.07, 6.45) is 1.17. The zero-order valence-electron chi connectivity index (χ0n) is 21.8. The molecule has 13 heteroatoms. The smallest absolute Gasteiger partial charge is 0.415 e. The molecule has 2 atom stereocenters. The summed E-state index contributed by atoms with van der Waals surface area (Å²) in [7, 11) is -3.97. The second-order valence-electron chi connectivity index (χ2n) is 9.52. The van der Waals surface area contributed by atoms with Crippen LogP contribution in [0.2, 0.25) is 0 Å². The van der Waals surface area contributed by atoms with E-state index in [0.717, 1.165) is 9.87 Å². The van der Waals surface area contributed by atoms with Gasteiger partial charge in [0.2, 0.25) is 5.91 Å². The Morgan fingerprint density at radius 1 is 1.10 bits per heavy atom. The summed E-state index contributed by atoms with van der Waals surface area (Å²) in [5.41, 5.74) is 0.740. The van der Waals surface area contributed by atoms with Crippen LogP contribution in [-0.4, -0.2) is 66.7 Å². The first-order valence-electron chi connectivity index (χ1n) is 12.6. The van der Waals surface area contributed by atoms with Gasteiger partial charge >= 0.3 is 12.1 Å². The van der Waals surface area contributed by atoms with Gasteiger partial charge in [-0.25, -0.2) is 28.3 Å². The lowest BCUT2D eigenvalue weighted by Gasteiger charge is -2.23. The second kappa shape index (κ2) is 13.8. The third kappa shape index (κ3) is 8.86. The van der Waals surface area contributed by atoms with Crippen LogP contribution in [0.25, 0.3) is 0 Å². The van der Waals surface area contributed by atoms with Crippen LogP contribution in [-0.2, 0) is 31.0 Å². The van der Waals surface area contributed by atoms with Gasteiger partial charge < -0.3 is 15.4 Å². The minimum absolute atomic E-state index is 0.00470. The number of Topliss-reactive ketones (excluding diaryl/α,β-unsaturated/α-hetero) is 1. The zero-order valence-corrected chi connectivity index (χ0v) is 22.6. The topological polar surface area (TPSA) is 164 Å². The molecule has 0 spiro atoms. The van der Waals surface area contributed by atoms with Gasteiger partial charge in [-0.3, -0.25) is 9.59 Å². The molecule has 1 aliphatic heterocycles. The van der Waals surface area contributed by atoms with Crippen LogP contribution in [0.5, 0.6) is 0 Å². The van der Waals surface area contributed by atoms with Crippen LogP contribution < -0.4 is 16.0 Å². The number of sulfonamides is 1. The molecule has 1 aromatic carbocycles. The number of nitrogens with one attached hydrogen (secondary N) is 3. The first kappa shape index (κ1) is 29.7. The SMILES string of the molecule is CC(C)CC(NC(=O)NC(=O)OCc1ccccc1)C(=O)NC1CCCN(S(=O)(=O)c2ccccn2)CC1=O. The predicted octanol–water partition coefficient (Wildman–Crippen LogP) is 1.97. The van der Waals surface area contributed by atoms with Crippen molar-refractivity contribution in [3.8, 4) is 0 Å². The molecule has 4 amide bonds. The van der Waals surface area contributed by atoms with Crippen LogP contribution in [0.4, 0.5) is 9.59 Å². The fraction of sp³-hybridized carbons (Fsp3) is 0.423. The molecule has 1 saturated heterocycles. The van der Waals surface area contributed by atoms with Gasteiger partial charge in [-0.2, -0.15) is 4.31 Å². The highest BCUT2D eigenvalue weighted by molar-refractivity contribution is 7.89. The van der Waals surface area contributed by atoms with E-state index in [1.54, 1.807) is 36.4 Å². The lowest BCUT2D eigenvalue weighted by Crippen LogP contribution is -2.55. The van der Waals surface area contributed by atoms with Crippen molar-refractivity contribution < 1.29 is 32.3 Å². The number of hydrogen-bond donors (Lipinski definition) is 3. The van der Waals surface area contributed by atoms with E-state index in [1.807, 2.05) is 25.2 Å². The lowest BCUT2D eigenvalue weighted by atomic mass is 10.0. The maximum Gasteiger partial charge on any atom is 0.415 e. The van der Waals surface area contributed by atoms with Crippen LogP contribution in [0.15, 0.2) is 59.8 Å². The van der Waals surface area contributed by atoms with Gasteiger partial charge in [0.15, 0.2) is 10.8 Å². The molecular weight excluding hydrogens is 526 g/mol. The highest BCUT2D eigenvalue weighted by Crippen LogP contribution is 2.18. The number of pyridine rings is 1. The number of nitrogens with zero attached hydrogens (tertiary/aromatic N) is 2. The maximum atomic E-state index is 13.1. The number of ketones is 1. The summed E-state index contributed by atoms with van der Waals surface area (Å²) in [6, 6.07) is 10.5. The van der Waals surface area contributed by atoms with Gasteiger partial charge in [-0.1, -0.05) is 50.2 Å². The number of aromatic nitrogens is 1. The second-order valence-corrected chi connectivity index (χ2v) is 11.4. The fourth-order valence-corrected chi connectivity index (χ4v) is 5.38. The van der Waals surface area contributed by atoms with Gasteiger partial charge in [0.25, 0.3) is 10.0 Å². The highest BCUT2D eigenvalue weighted by Gasteiger charge is 2.34. The van der Waals surface area contributed by atoms with Gasteiger partial charge in [-0.15, -0.1) is 0 Å². The molecule has 2 aromatic rings. The minimum Gasteiger partial charge on any atom is -0.444 e. The number of amides is 4. The van der Waals surface area contributed by atoms with E-state index in [1.165, 1.54) is 12.3 Å². The summed E-state index contributed by atoms with van der Waals surface area (Å²) in [6.45, 7) is 3.35. The molecule has 3 rings (SSSR count). The first-order valence-corrected chi connectivity index (χ1v) is 14.0. The van der Waals surface area contributed by atoms with E-state index in [-0.39, 0.29) is 36.9 Å². The van der Waals surface area contributed by atoms with Crippen molar-refractivity contribution in [2.24, 2.45) is 5.92 Å². The summed E-state index contributed by atoms with van der Waals surface area (Å²) in [5.74, 6) is -1.09. The molecule has 0 saturated carbocycles. The average molecular weight is 560 g/mol. The lowest BCUT2D eigenvalue weighted by molar-refractivity contribution is -0.129. The number of benzene rings is 1. The standard InChI is InChI=1S/C26H33N5O7S/c1-18(2)15-21(29-25(34)30-26(35)38-17-19-9-4-3-5-10-19)24(33)28-20-11-8-14-31(16-22(20)32)39(36,37)23-12-6-7-13-27-23/h3-7,9-10,12-13,18,20-21H,8,11,14-17H2,1-2H3,(H,28,33)(H2,29,30,34,35). The normalized spacial score (nSPS) is 17.1. The number of imide groups is 1. The number of urea groups is 1. The monoisotopic (exact) mass is 559 g/mol. The molecule has 210 valence electrons. The van der Waals surface area contributed by atoms with E-state index >= 15 is 0 Å². The van der Waals surface area contributed by atoms with Crippen LogP contribution in [0.3, 0.4) is 0 Å². The Labute approximate surface area is 227 Å². The number of alkyl carbamates (subject to hydrolysis) is 1. The van der Waals surface area contributed by atoms with E-state index in [9.17, 15) is 27.6 Å². The number of hydrogen-bond acceptors (Lipinski definition) is 8. The maximum absolute atomic E-state index is 13.1. The van der Waals surface area contributed by atoms with E-state index in [0.29, 0.717) is 6.42 Å². The van der Waals surface area contributed by atoms with E-state index in [4.69, 9.17) is 4.74 Å². The summed E-state index contributed by atoms with van der Waals surface area (Å²) < 4.78 is 31.9. The Kier molecular flexibility index (Phi) is 10.5. The van der Waals surface area contributed by atoms with Crippen molar-refractivity contribution in [3.05, 3.63) is 60.3 Å². The highest BCUT2D eigenvalue weighted by atomic mass is 32.2. The zero-order chi connectivity index (χ0) is 28.4. The molecule has 2 unspecified atom stereocenters. The van der Waals surface area contributed by atoms with Crippen molar-refractivity contribution in [2.75, 3.05) is 13.1 Å². The Hall–Kier alpha value is -3.84. The van der Waals surface area contributed by atoms with Crippen molar-refractivity contribution in [3.63, 3.8) is 0 Å². The molecule has 12 nitrogen and oxygen atoms in total. The third-order valence-corrected chi connectivity index (χ3v) is 7.70. The first-order chi connectivity index (χ1) is 18.6. The molecule has 1 aromatic heterocycles. The molecule has 3 N–H and O–H groups in total. The van der Waals surface area contributed by atoms with E-state index in [2.05, 4.69) is 15.6 Å². The average Bonchev–Trinajstić information content (AvgIpc) is 3.09. The van der Waals surface area contributed by atoms with Gasteiger partial charge in [0.1, 0.15) is 12.6 Å². The minimum atomic E-state index is -3.97. The molecule has 0 radical (unpaired) electrons. The number of ether oxygens (including phenoxy) is 1. The van der Waals surface area contributed by atoms with Crippen molar-refractivity contribution >= 4 is 33.8 Å². The Balaban J connectivity index is 1.57. The largest absolute Gasteiger partial charge is 0.444 e. The van der Waals surface area contributed by atoms with Crippen LogP contribution in [0, 0.1) is 5.92 Å². The Morgan fingerprint density at radius 2 is 1.82 bits per heavy atom. The predicted molar refractivity (Wildman–Crippen MR) is 141 cm³/mol. The molecule has 1 fully saturated rings. The quantitative estimate of drug-likeness (QED) is 0.420. The molecule has 0 bridgehead atoms. The van der Waals surface area contributed by atoms with Gasteiger partial charge in [0.05, 0.1) is 12.6 Å². The van der Waals surface area contributed by atoms with Crippen molar-refractivity contribution in [1.29, 1.82) is 0 Å². The number of rotatable bonds is 9. The van der Waals surface area contributed by atoms with E-state index < -0.39 is 52.5 Å². The van der Waals surface area contributed by atoms with Crippen molar-refractivity contribution in [2.45, 2.75) is 56.8 Å². The molecular formula is C26H33N5O7S. The van der Waals surface area contributed by atoms with Crippen LogP contribution >= 0.6 is 0 Å².